The molecule has 0 radical (unpaired) electrons. The van der Waals surface area contributed by atoms with Gasteiger partial charge in [0.05, 0.1) is 12.9 Å². The number of nitrogens with one attached hydrogen (secondary N) is 1. The van der Waals surface area contributed by atoms with Crippen LogP contribution in [0.2, 0.25) is 0 Å². The van der Waals surface area contributed by atoms with E-state index in [-0.39, 0.29) is 5.75 Å². The summed E-state index contributed by atoms with van der Waals surface area (Å²) in [7, 11) is 2.24. The minimum atomic E-state index is -2.97. The molecule has 7 heteroatoms. The van der Waals surface area contributed by atoms with Crippen LogP contribution in [0, 0.1) is 0 Å². The third-order valence-corrected chi connectivity index (χ3v) is 3.85. The van der Waals surface area contributed by atoms with Gasteiger partial charge in [0.2, 0.25) is 0 Å². The number of guanidine groups is 1. The zero-order chi connectivity index (χ0) is 15.9. The summed E-state index contributed by atoms with van der Waals surface area (Å²) in [6, 6.07) is 7.78. The molecule has 0 aliphatic rings. The number of hydrogen-bond acceptors (Lipinski definition) is 4. The van der Waals surface area contributed by atoms with Gasteiger partial charge >= 0.3 is 0 Å². The second-order valence-electron chi connectivity index (χ2n) is 4.81. The average molecular weight is 313 g/mol. The van der Waals surface area contributed by atoms with E-state index in [1.807, 2.05) is 36.2 Å². The summed E-state index contributed by atoms with van der Waals surface area (Å²) < 4.78 is 27.4. The summed E-state index contributed by atoms with van der Waals surface area (Å²) in [5.74, 6) is 1.56. The molecular weight excluding hydrogens is 290 g/mol. The molecule has 1 aromatic rings. The van der Waals surface area contributed by atoms with E-state index in [0.717, 1.165) is 11.3 Å². The predicted molar refractivity (Wildman–Crippen MR) is 85.5 cm³/mol. The summed E-state index contributed by atoms with van der Waals surface area (Å²) in [4.78, 5) is 6.08. The topological polar surface area (TPSA) is 71.0 Å². The fraction of sp³-hybridized carbons (Fsp3) is 0.500. The van der Waals surface area contributed by atoms with Gasteiger partial charge in [-0.25, -0.2) is 8.42 Å². The number of methoxy groups -OCH3 is 1. The summed E-state index contributed by atoms with van der Waals surface area (Å²) in [5.41, 5.74) is 1.12. The van der Waals surface area contributed by atoms with Crippen molar-refractivity contribution in [3.8, 4) is 5.75 Å². The van der Waals surface area contributed by atoms with Gasteiger partial charge in [-0.2, -0.15) is 0 Å². The molecule has 0 heterocycles. The molecule has 0 spiro atoms. The molecule has 0 atom stereocenters. The first kappa shape index (κ1) is 17.3. The Morgan fingerprint density at radius 3 is 2.43 bits per heavy atom. The van der Waals surface area contributed by atoms with Crippen molar-refractivity contribution >= 4 is 15.8 Å². The molecule has 0 aromatic heterocycles. The monoisotopic (exact) mass is 313 g/mol. The molecule has 0 saturated heterocycles. The minimum Gasteiger partial charge on any atom is -0.497 e. The van der Waals surface area contributed by atoms with Gasteiger partial charge in [0.25, 0.3) is 0 Å². The number of aliphatic imine (C=N–C) groups is 1. The summed E-state index contributed by atoms with van der Waals surface area (Å²) >= 11 is 0. The Labute approximate surface area is 126 Å². The lowest BCUT2D eigenvalue weighted by molar-refractivity contribution is 0.414. The quantitative estimate of drug-likeness (QED) is 0.620. The van der Waals surface area contributed by atoms with Crippen molar-refractivity contribution in [3.05, 3.63) is 29.8 Å². The number of benzene rings is 1. The van der Waals surface area contributed by atoms with E-state index < -0.39 is 9.84 Å². The smallest absolute Gasteiger partial charge is 0.193 e. The van der Waals surface area contributed by atoms with Gasteiger partial charge in [0, 0.05) is 33.4 Å². The second kappa shape index (κ2) is 7.87. The van der Waals surface area contributed by atoms with Crippen molar-refractivity contribution < 1.29 is 13.2 Å². The maximum atomic E-state index is 11.1. The van der Waals surface area contributed by atoms with Crippen molar-refractivity contribution in [2.75, 3.05) is 39.8 Å². The molecule has 118 valence electrons. The zero-order valence-corrected chi connectivity index (χ0v) is 13.8. The van der Waals surface area contributed by atoms with Crippen molar-refractivity contribution in [1.29, 1.82) is 0 Å². The highest BCUT2D eigenvalue weighted by Gasteiger charge is 2.08. The number of nitrogens with zero attached hydrogens (tertiary/aromatic N) is 2. The van der Waals surface area contributed by atoms with E-state index in [4.69, 9.17) is 4.74 Å². The Balaban J connectivity index is 2.56. The summed E-state index contributed by atoms with van der Waals surface area (Å²) in [6.45, 7) is 1.01. The van der Waals surface area contributed by atoms with E-state index in [1.54, 1.807) is 14.2 Å². The molecule has 0 bridgehead atoms. The van der Waals surface area contributed by atoms with Crippen LogP contribution in [0.1, 0.15) is 5.56 Å². The number of sulfone groups is 1. The Kier molecular flexibility index (Phi) is 6.48. The third-order valence-electron chi connectivity index (χ3n) is 2.91. The Morgan fingerprint density at radius 1 is 1.33 bits per heavy atom. The maximum absolute atomic E-state index is 11.1. The first-order valence-electron chi connectivity index (χ1n) is 6.58. The van der Waals surface area contributed by atoms with Gasteiger partial charge in [0.1, 0.15) is 15.6 Å². The highest BCUT2D eigenvalue weighted by Crippen LogP contribution is 2.12. The molecule has 0 aliphatic heterocycles. The van der Waals surface area contributed by atoms with E-state index in [9.17, 15) is 8.42 Å². The largest absolute Gasteiger partial charge is 0.497 e. The lowest BCUT2D eigenvalue weighted by Gasteiger charge is -2.22. The van der Waals surface area contributed by atoms with Crippen LogP contribution in [0.25, 0.3) is 0 Å². The summed E-state index contributed by atoms with van der Waals surface area (Å²) in [5, 5.41) is 3.04. The van der Waals surface area contributed by atoms with Crippen LogP contribution in [0.15, 0.2) is 29.3 Å². The molecule has 1 rings (SSSR count). The maximum Gasteiger partial charge on any atom is 0.193 e. The van der Waals surface area contributed by atoms with E-state index in [1.165, 1.54) is 6.26 Å². The standard InChI is InChI=1S/C14H23N3O3S/c1-15-14(16-9-10-21(4,18)19)17(2)11-12-5-7-13(20-3)8-6-12/h5-8H,9-11H2,1-4H3,(H,15,16). The van der Waals surface area contributed by atoms with Gasteiger partial charge in [-0.15, -0.1) is 0 Å². The molecule has 0 fully saturated rings. The second-order valence-corrected chi connectivity index (χ2v) is 7.07. The van der Waals surface area contributed by atoms with Gasteiger partial charge in [0.15, 0.2) is 5.96 Å². The van der Waals surface area contributed by atoms with Gasteiger partial charge < -0.3 is 15.0 Å². The van der Waals surface area contributed by atoms with Crippen molar-refractivity contribution in [1.82, 2.24) is 10.2 Å². The van der Waals surface area contributed by atoms with Gasteiger partial charge in [-0.3, -0.25) is 4.99 Å². The first-order valence-corrected chi connectivity index (χ1v) is 8.64. The highest BCUT2D eigenvalue weighted by molar-refractivity contribution is 7.90. The number of ether oxygens (including phenoxy) is 1. The fourth-order valence-corrected chi connectivity index (χ4v) is 2.29. The minimum absolute atomic E-state index is 0.0857. The number of hydrogen-bond donors (Lipinski definition) is 1. The van der Waals surface area contributed by atoms with E-state index in [2.05, 4.69) is 10.3 Å². The first-order chi connectivity index (χ1) is 9.85. The normalized spacial score (nSPS) is 12.1. The Hall–Kier alpha value is -1.76. The van der Waals surface area contributed by atoms with Crippen LogP contribution in [0.5, 0.6) is 5.75 Å². The van der Waals surface area contributed by atoms with Crippen LogP contribution in [-0.2, 0) is 16.4 Å². The fourth-order valence-electron chi connectivity index (χ4n) is 1.81. The Bertz CT molecular complexity index is 568. The van der Waals surface area contributed by atoms with Crippen LogP contribution in [0.3, 0.4) is 0 Å². The molecule has 1 aromatic carbocycles. The molecule has 6 nitrogen and oxygen atoms in total. The number of rotatable bonds is 6. The molecular formula is C14H23N3O3S. The predicted octanol–water partition coefficient (Wildman–Crippen LogP) is 0.747. The lowest BCUT2D eigenvalue weighted by Crippen LogP contribution is -2.40. The summed E-state index contributed by atoms with van der Waals surface area (Å²) in [6.07, 6.45) is 1.22. The zero-order valence-electron chi connectivity index (χ0n) is 13.0. The average Bonchev–Trinajstić information content (AvgIpc) is 2.43. The van der Waals surface area contributed by atoms with E-state index in [0.29, 0.717) is 19.0 Å². The molecule has 21 heavy (non-hydrogen) atoms. The van der Waals surface area contributed by atoms with Crippen LogP contribution >= 0.6 is 0 Å². The van der Waals surface area contributed by atoms with Gasteiger partial charge in [-0.05, 0) is 17.7 Å². The van der Waals surface area contributed by atoms with Crippen LogP contribution in [0.4, 0.5) is 0 Å². The highest BCUT2D eigenvalue weighted by atomic mass is 32.2. The van der Waals surface area contributed by atoms with Gasteiger partial charge in [-0.1, -0.05) is 12.1 Å². The molecule has 0 amide bonds. The SMILES string of the molecule is CN=C(NCCS(C)(=O)=O)N(C)Cc1ccc(OC)cc1. The molecule has 1 N–H and O–H groups in total. The van der Waals surface area contributed by atoms with Crippen molar-refractivity contribution in [2.45, 2.75) is 6.54 Å². The lowest BCUT2D eigenvalue weighted by atomic mass is 10.2. The van der Waals surface area contributed by atoms with Crippen LogP contribution in [-0.4, -0.2) is 59.0 Å². The van der Waals surface area contributed by atoms with Crippen LogP contribution < -0.4 is 10.1 Å². The Morgan fingerprint density at radius 2 is 1.95 bits per heavy atom. The molecule has 0 aliphatic carbocycles. The third kappa shape index (κ3) is 6.48. The molecule has 0 unspecified atom stereocenters. The van der Waals surface area contributed by atoms with E-state index >= 15 is 0 Å². The molecule has 0 saturated carbocycles. The van der Waals surface area contributed by atoms with Crippen molar-refractivity contribution in [3.63, 3.8) is 0 Å². The van der Waals surface area contributed by atoms with Crippen molar-refractivity contribution in [2.24, 2.45) is 4.99 Å².